The molecule has 2 atom stereocenters. The predicted octanol–water partition coefficient (Wildman–Crippen LogP) is 4.44. The molecule has 0 saturated heterocycles. The van der Waals surface area contributed by atoms with Crippen LogP contribution < -0.4 is 5.32 Å². The number of hydrogen-bond acceptors (Lipinski definition) is 5. The lowest BCUT2D eigenvalue weighted by atomic mass is 9.98. The van der Waals surface area contributed by atoms with Crippen LogP contribution in [0, 0.1) is 5.85 Å². The summed E-state index contributed by atoms with van der Waals surface area (Å²) in [6.07, 6.45) is 7.01. The van der Waals surface area contributed by atoms with E-state index < -0.39 is 19.0 Å². The van der Waals surface area contributed by atoms with Gasteiger partial charge in [0.1, 0.15) is 11.4 Å². The zero-order valence-corrected chi connectivity index (χ0v) is 18.6. The van der Waals surface area contributed by atoms with Crippen molar-refractivity contribution in [1.29, 1.82) is 0 Å². The maximum absolute atomic E-state index is 10.4. The molecule has 0 saturated carbocycles. The molecule has 0 radical (unpaired) electrons. The molecule has 2 aliphatic carbocycles. The Morgan fingerprint density at radius 2 is 1.93 bits per heavy atom. The number of anilines is 1. The van der Waals surface area contributed by atoms with E-state index in [1.54, 1.807) is 21.0 Å². The number of nitrogens with zero attached hydrogens (tertiary/aromatic N) is 1. The van der Waals surface area contributed by atoms with Crippen molar-refractivity contribution in [3.05, 3.63) is 51.3 Å². The van der Waals surface area contributed by atoms with Gasteiger partial charge >= 0.3 is 7.77 Å². The average Bonchev–Trinajstić information content (AvgIpc) is 3.46. The molecule has 2 aliphatic heterocycles. The highest BCUT2D eigenvalue weighted by molar-refractivity contribution is 7.50. The molecule has 2 aromatic rings. The van der Waals surface area contributed by atoms with Gasteiger partial charge in [0.2, 0.25) is 0 Å². The molecular formula is C23H27N2O4P. The number of amidine groups is 1. The Hall–Kier alpha value is -1.88. The summed E-state index contributed by atoms with van der Waals surface area (Å²) in [4.78, 5) is 4.73. The molecule has 1 spiro atoms. The minimum absolute atomic E-state index is 0.475. The molecule has 6 nitrogen and oxygen atoms in total. The van der Waals surface area contributed by atoms with Gasteiger partial charge < -0.3 is 19.9 Å². The van der Waals surface area contributed by atoms with Crippen molar-refractivity contribution < 1.29 is 18.8 Å². The van der Waals surface area contributed by atoms with Crippen LogP contribution in [0.2, 0.25) is 0 Å². The van der Waals surface area contributed by atoms with E-state index >= 15 is 0 Å². The fourth-order valence-electron chi connectivity index (χ4n) is 5.34. The monoisotopic (exact) mass is 426 g/mol. The number of fused-ring (bicyclic) bond motifs is 4. The van der Waals surface area contributed by atoms with Gasteiger partial charge in [-0.3, -0.25) is 0 Å². The summed E-state index contributed by atoms with van der Waals surface area (Å²) in [6, 6.07) is 4.93. The molecule has 30 heavy (non-hydrogen) atoms. The molecule has 2 unspecified atom stereocenters. The molecule has 6 rings (SSSR count). The first-order valence-corrected chi connectivity index (χ1v) is 12.1. The molecule has 158 valence electrons. The lowest BCUT2D eigenvalue weighted by Gasteiger charge is -2.44. The van der Waals surface area contributed by atoms with Crippen LogP contribution in [-0.4, -0.2) is 24.8 Å². The number of aliphatic imine (C=N–C) groups is 1. The number of methoxy groups -OCH3 is 1. The maximum atomic E-state index is 10.4. The number of rotatable bonds is 3. The second-order valence-electron chi connectivity index (χ2n) is 9.26. The van der Waals surface area contributed by atoms with Crippen LogP contribution in [0.5, 0.6) is 0 Å². The van der Waals surface area contributed by atoms with Crippen molar-refractivity contribution in [2.45, 2.75) is 63.6 Å². The Bertz CT molecular complexity index is 1050. The molecule has 0 fully saturated rings. The second kappa shape index (κ2) is 6.32. The predicted molar refractivity (Wildman–Crippen MR) is 116 cm³/mol. The van der Waals surface area contributed by atoms with Crippen LogP contribution in [-0.2, 0) is 46.4 Å². The van der Waals surface area contributed by atoms with Crippen molar-refractivity contribution >= 4 is 19.5 Å². The van der Waals surface area contributed by atoms with Crippen LogP contribution in [0.4, 0.5) is 5.69 Å². The SMILES string of the molecule is CO[C-]1[p+]2[o+][c-](C(C)(C)O)cc2C12CN=C(Nc1c3c(cc4c1CCC4)CCC3)O2. The van der Waals surface area contributed by atoms with Gasteiger partial charge in [0, 0.05) is 12.8 Å². The van der Waals surface area contributed by atoms with Crippen molar-refractivity contribution in [3.8, 4) is 0 Å². The van der Waals surface area contributed by atoms with Crippen LogP contribution in [0.15, 0.2) is 21.3 Å². The fourth-order valence-corrected chi connectivity index (χ4v) is 7.56. The number of ether oxygens (including phenoxy) is 2. The van der Waals surface area contributed by atoms with Gasteiger partial charge in [-0.2, -0.15) is 4.20 Å². The normalized spacial score (nSPS) is 24.9. The molecule has 7 heteroatoms. The highest BCUT2D eigenvalue weighted by atomic mass is 31.1. The summed E-state index contributed by atoms with van der Waals surface area (Å²) in [5.41, 5.74) is 5.36. The average molecular weight is 426 g/mol. The third-order valence-electron chi connectivity index (χ3n) is 6.84. The lowest BCUT2D eigenvalue weighted by Crippen LogP contribution is -2.43. The maximum Gasteiger partial charge on any atom is 0.323 e. The molecule has 1 aromatic carbocycles. The van der Waals surface area contributed by atoms with E-state index in [9.17, 15) is 5.11 Å². The smallest absolute Gasteiger partial charge is 0.323 e. The van der Waals surface area contributed by atoms with Gasteiger partial charge in [-0.25, -0.2) is 4.99 Å². The zero-order chi connectivity index (χ0) is 20.7. The summed E-state index contributed by atoms with van der Waals surface area (Å²) < 4.78 is 18.2. The van der Waals surface area contributed by atoms with Crippen LogP contribution >= 0.6 is 7.77 Å². The quantitative estimate of drug-likeness (QED) is 0.561. The first kappa shape index (κ1) is 18.9. The number of benzene rings is 1. The fraction of sp³-hybridized carbons (Fsp3) is 0.522. The highest BCUT2D eigenvalue weighted by Crippen LogP contribution is 2.69. The molecule has 4 aliphatic rings. The van der Waals surface area contributed by atoms with Gasteiger partial charge in [0.15, 0.2) is 0 Å². The molecule has 0 bridgehead atoms. The Balaban J connectivity index is 1.31. The van der Waals surface area contributed by atoms with Crippen molar-refractivity contribution in [1.82, 2.24) is 0 Å². The minimum atomic E-state index is -1.03. The molecule has 2 N–H and O–H groups in total. The van der Waals surface area contributed by atoms with E-state index in [1.165, 1.54) is 53.6 Å². The van der Waals surface area contributed by atoms with Crippen molar-refractivity contribution in [2.24, 2.45) is 4.99 Å². The number of nitrogens with one attached hydrogen (secondary N) is 1. The first-order chi connectivity index (χ1) is 14.4. The lowest BCUT2D eigenvalue weighted by molar-refractivity contribution is 0.0240. The Kier molecular flexibility index (Phi) is 3.97. The Morgan fingerprint density at radius 1 is 1.23 bits per heavy atom. The summed E-state index contributed by atoms with van der Waals surface area (Å²) in [5, 5.41) is 15.0. The summed E-state index contributed by atoms with van der Waals surface area (Å²) in [6.45, 7) is 3.94. The van der Waals surface area contributed by atoms with Gasteiger partial charge in [0.25, 0.3) is 11.8 Å². The van der Waals surface area contributed by atoms with E-state index in [2.05, 4.69) is 11.4 Å². The highest BCUT2D eigenvalue weighted by Gasteiger charge is 2.60. The van der Waals surface area contributed by atoms with E-state index in [1.807, 2.05) is 6.07 Å². The van der Waals surface area contributed by atoms with E-state index in [4.69, 9.17) is 18.7 Å². The Morgan fingerprint density at radius 3 is 2.57 bits per heavy atom. The molecule has 1 aromatic heterocycles. The summed E-state index contributed by atoms with van der Waals surface area (Å²) in [5.74, 6) is 1.35. The first-order valence-electron chi connectivity index (χ1n) is 10.8. The zero-order valence-electron chi connectivity index (χ0n) is 17.7. The standard InChI is InChI=1S/C23H27N2O4P/c1-22(2,26)17-11-18-23(20(27-3)30(18)29-17)12-24-21(28-23)25-19-15-8-4-6-13(15)10-14-7-5-9-16(14)19/h10-11,26H,4-9,12H2,1-3H3,(H,24,25). The summed E-state index contributed by atoms with van der Waals surface area (Å²) in [7, 11) is 0.633. The minimum Gasteiger partial charge on any atom is -0.496 e. The molecular weight excluding hydrogens is 399 g/mol. The molecule has 0 amide bonds. The van der Waals surface area contributed by atoms with Gasteiger partial charge in [-0.05, 0) is 74.6 Å². The molecule has 3 heterocycles. The van der Waals surface area contributed by atoms with Crippen molar-refractivity contribution in [2.75, 3.05) is 19.0 Å². The topological polar surface area (TPSA) is 74.4 Å². The van der Waals surface area contributed by atoms with Gasteiger partial charge in [-0.15, -0.1) is 0 Å². The van der Waals surface area contributed by atoms with Crippen LogP contribution in [0.1, 0.15) is 60.0 Å². The van der Waals surface area contributed by atoms with E-state index in [0.717, 1.165) is 24.0 Å². The van der Waals surface area contributed by atoms with E-state index in [0.29, 0.717) is 18.3 Å². The summed E-state index contributed by atoms with van der Waals surface area (Å²) >= 11 is 0. The van der Waals surface area contributed by atoms with Crippen LogP contribution in [0.3, 0.4) is 0 Å². The van der Waals surface area contributed by atoms with Gasteiger partial charge in [0.05, 0.1) is 17.4 Å². The third-order valence-corrected chi connectivity index (χ3v) is 9.06. The number of aryl methyl sites for hydroxylation is 2. The van der Waals surface area contributed by atoms with Gasteiger partial charge in [-0.1, -0.05) is 12.1 Å². The number of aliphatic hydroxyl groups is 1. The second-order valence-corrected chi connectivity index (χ2v) is 10.9. The third kappa shape index (κ3) is 2.50. The Labute approximate surface area is 177 Å². The van der Waals surface area contributed by atoms with E-state index in [-0.39, 0.29) is 0 Å². The van der Waals surface area contributed by atoms with Crippen molar-refractivity contribution in [3.63, 3.8) is 0 Å². The van der Waals surface area contributed by atoms with Crippen LogP contribution in [0.25, 0.3) is 0 Å². The largest absolute Gasteiger partial charge is 0.496 e. The number of hydrogen-bond donors (Lipinski definition) is 2.